The summed E-state index contributed by atoms with van der Waals surface area (Å²) in [5, 5.41) is 2.75. The van der Waals surface area contributed by atoms with Crippen molar-refractivity contribution in [3.8, 4) is 23.0 Å². The van der Waals surface area contributed by atoms with Gasteiger partial charge in [0.15, 0.2) is 34.0 Å². The Morgan fingerprint density at radius 2 is 0.558 bits per heavy atom. The maximum atomic E-state index is 14.7. The van der Waals surface area contributed by atoms with Gasteiger partial charge in [-0.25, -0.2) is 0 Å². The second-order valence-corrected chi connectivity index (χ2v) is 15.4. The van der Waals surface area contributed by atoms with Crippen LogP contribution >= 0.6 is 14.3 Å². The van der Waals surface area contributed by atoms with Crippen LogP contribution in [0.3, 0.4) is 0 Å². The van der Waals surface area contributed by atoms with Crippen molar-refractivity contribution >= 4 is 46.5 Å². The molecule has 0 saturated heterocycles. The van der Waals surface area contributed by atoms with Crippen molar-refractivity contribution < 1.29 is 22.4 Å². The molecule has 210 valence electrons. The van der Waals surface area contributed by atoms with Crippen molar-refractivity contribution in [2.75, 3.05) is 0 Å². The van der Waals surface area contributed by atoms with E-state index in [9.17, 15) is 9.13 Å². The quantitative estimate of drug-likeness (QED) is 0.174. The van der Waals surface area contributed by atoms with Gasteiger partial charge in [0.25, 0.3) is 0 Å². The predicted octanol–water partition coefficient (Wildman–Crippen LogP) is 7.08. The van der Waals surface area contributed by atoms with Gasteiger partial charge >= 0.3 is 0 Å². The molecule has 43 heavy (non-hydrogen) atoms. The van der Waals surface area contributed by atoms with E-state index in [0.29, 0.717) is 55.3 Å². The number of hydrogen-bond donors (Lipinski definition) is 0. The largest absolute Gasteiger partial charge is 0.450 e. The van der Waals surface area contributed by atoms with Crippen LogP contribution in [-0.4, -0.2) is 0 Å². The number of benzene rings is 4. The molecule has 0 aliphatic heterocycles. The Bertz CT molecular complexity index is 1840. The zero-order valence-electron chi connectivity index (χ0n) is 22.9. The summed E-state index contributed by atoms with van der Waals surface area (Å²) >= 11 is 0. The highest BCUT2D eigenvalue weighted by atomic mass is 31.2. The molecule has 0 unspecified atom stereocenters. The van der Waals surface area contributed by atoms with Crippen LogP contribution in [0.2, 0.25) is 0 Å². The van der Waals surface area contributed by atoms with E-state index < -0.39 is 14.3 Å². The average molecular weight is 601 g/mol. The van der Waals surface area contributed by atoms with Crippen molar-refractivity contribution in [2.45, 2.75) is 0 Å². The summed E-state index contributed by atoms with van der Waals surface area (Å²) in [4.78, 5) is 0. The van der Waals surface area contributed by atoms with Gasteiger partial charge in [0, 0.05) is 21.2 Å². The second-order valence-electron chi connectivity index (χ2n) is 10.0. The minimum Gasteiger partial charge on any atom is -0.450 e. The van der Waals surface area contributed by atoms with E-state index in [1.165, 1.54) is 0 Å². The van der Waals surface area contributed by atoms with Crippen molar-refractivity contribution in [1.82, 2.24) is 0 Å². The van der Waals surface area contributed by atoms with Crippen LogP contribution < -0.4 is 32.2 Å². The third-order valence-corrected chi connectivity index (χ3v) is 13.2. The van der Waals surface area contributed by atoms with Crippen LogP contribution in [0, 0.1) is 0 Å². The maximum absolute atomic E-state index is 14.7. The molecule has 0 bridgehead atoms. The van der Waals surface area contributed by atoms with E-state index in [4.69, 9.17) is 13.3 Å². The first-order valence-electron chi connectivity index (χ1n) is 13.8. The summed E-state index contributed by atoms with van der Waals surface area (Å²) < 4.78 is 47.9. The van der Waals surface area contributed by atoms with Gasteiger partial charge in [-0.3, -0.25) is 0 Å². The molecule has 4 aromatic carbocycles. The molecule has 0 spiro atoms. The molecule has 0 amide bonds. The molecule has 0 aliphatic carbocycles. The zero-order valence-corrected chi connectivity index (χ0v) is 24.7. The van der Waals surface area contributed by atoms with E-state index in [1.807, 2.05) is 121 Å². The van der Waals surface area contributed by atoms with E-state index in [2.05, 4.69) is 0 Å². The fourth-order valence-electron chi connectivity index (χ4n) is 5.22. The first-order valence-corrected chi connectivity index (χ1v) is 17.2. The van der Waals surface area contributed by atoms with Crippen LogP contribution in [0.15, 0.2) is 171 Å². The molecule has 0 aliphatic rings. The average Bonchev–Trinajstić information content (AvgIpc) is 3.87. The first kappa shape index (κ1) is 27.0. The molecule has 0 fully saturated rings. The second kappa shape index (κ2) is 11.1. The zero-order chi connectivity index (χ0) is 29.3. The highest BCUT2D eigenvalue weighted by Gasteiger charge is 2.35. The smallest absolute Gasteiger partial charge is 0.204 e. The molecule has 7 heteroatoms. The van der Waals surface area contributed by atoms with Gasteiger partial charge in [-0.2, -0.15) is 0 Å². The van der Waals surface area contributed by atoms with Gasteiger partial charge in [-0.1, -0.05) is 121 Å². The van der Waals surface area contributed by atoms with Gasteiger partial charge in [-0.15, -0.1) is 0 Å². The normalized spacial score (nSPS) is 11.9. The Labute approximate surface area is 249 Å². The van der Waals surface area contributed by atoms with Gasteiger partial charge in [0.05, 0.1) is 0 Å². The highest BCUT2D eigenvalue weighted by Crippen LogP contribution is 2.45. The fourth-order valence-corrected chi connectivity index (χ4v) is 10.2. The third-order valence-electron chi connectivity index (χ3n) is 7.38. The van der Waals surface area contributed by atoms with Crippen molar-refractivity contribution in [2.24, 2.45) is 0 Å². The van der Waals surface area contributed by atoms with Gasteiger partial charge < -0.3 is 22.4 Å². The van der Waals surface area contributed by atoms with Crippen molar-refractivity contribution in [1.29, 1.82) is 0 Å². The van der Waals surface area contributed by atoms with E-state index >= 15 is 0 Å². The van der Waals surface area contributed by atoms with Crippen LogP contribution in [0.1, 0.15) is 0 Å². The molecule has 3 aromatic heterocycles. The van der Waals surface area contributed by atoms with Crippen LogP contribution in [0.25, 0.3) is 23.0 Å². The van der Waals surface area contributed by atoms with Crippen molar-refractivity contribution in [3.05, 3.63) is 158 Å². The lowest BCUT2D eigenvalue weighted by atomic mass is 10.3. The maximum Gasteiger partial charge on any atom is 0.204 e. The Morgan fingerprint density at radius 1 is 0.302 bits per heavy atom. The highest BCUT2D eigenvalue weighted by molar-refractivity contribution is 7.85. The Hall–Kier alpha value is -4.82. The van der Waals surface area contributed by atoms with Gasteiger partial charge in [0.2, 0.25) is 14.3 Å². The monoisotopic (exact) mass is 600 g/mol. The summed E-state index contributed by atoms with van der Waals surface area (Å²) in [6.07, 6.45) is 0. The molecule has 0 N–H and O–H groups in total. The van der Waals surface area contributed by atoms with Crippen LogP contribution in [-0.2, 0) is 9.13 Å². The minimum atomic E-state index is -3.26. The lowest BCUT2D eigenvalue weighted by molar-refractivity contribution is 0.520. The van der Waals surface area contributed by atoms with E-state index in [1.54, 1.807) is 36.4 Å². The number of rotatable bonds is 8. The molecule has 7 rings (SSSR count). The first-order chi connectivity index (χ1) is 21.1. The lowest BCUT2D eigenvalue weighted by Gasteiger charge is -2.17. The molecule has 0 atom stereocenters. The Kier molecular flexibility index (Phi) is 6.99. The topological polar surface area (TPSA) is 73.6 Å². The van der Waals surface area contributed by atoms with E-state index in [0.717, 1.165) is 0 Å². The lowest BCUT2D eigenvalue weighted by Crippen LogP contribution is -2.23. The summed E-state index contributed by atoms with van der Waals surface area (Å²) in [5.41, 5.74) is 0.731. The molecule has 0 saturated carbocycles. The molecular weight excluding hydrogens is 574 g/mol. The van der Waals surface area contributed by atoms with Crippen LogP contribution in [0.5, 0.6) is 0 Å². The summed E-state index contributed by atoms with van der Waals surface area (Å²) in [6, 6.07) is 48.1. The third kappa shape index (κ3) is 4.77. The SMILES string of the molecule is O=P(c1ccccc1)(c1ccccc1)c1ccc(-c2ccc(-c3ccc(P(=O)(c4ccccc4)c4ccccc4)o3)o2)o1. The number of furan rings is 3. The summed E-state index contributed by atoms with van der Waals surface area (Å²) in [5.74, 6) is 1.81. The number of hydrogen-bond acceptors (Lipinski definition) is 5. The molecule has 7 aromatic rings. The Morgan fingerprint density at radius 3 is 0.860 bits per heavy atom. The molecule has 3 heterocycles. The predicted molar refractivity (Wildman–Crippen MR) is 173 cm³/mol. The summed E-state index contributed by atoms with van der Waals surface area (Å²) in [6.45, 7) is 0. The molecule has 0 radical (unpaired) electrons. The van der Waals surface area contributed by atoms with Crippen molar-refractivity contribution in [3.63, 3.8) is 0 Å². The molecular formula is C36H26O5P2. The Balaban J connectivity index is 1.24. The summed E-state index contributed by atoms with van der Waals surface area (Å²) in [7, 11) is -6.52. The molecule has 5 nitrogen and oxygen atoms in total. The van der Waals surface area contributed by atoms with E-state index in [-0.39, 0.29) is 0 Å². The fraction of sp³-hybridized carbons (Fsp3) is 0. The standard InChI is InChI=1S/C36H26O5P2/c37-42(27-13-5-1-6-14-27,28-15-7-2-8-16-28)35-25-23-33(40-35)31-21-22-32(39-31)34-24-26-36(41-34)43(38,29-17-9-3-10-18-29)30-19-11-4-12-20-30/h1-26H. The van der Waals surface area contributed by atoms with Gasteiger partial charge in [0.1, 0.15) is 0 Å². The van der Waals surface area contributed by atoms with Crippen LogP contribution in [0.4, 0.5) is 0 Å². The minimum absolute atomic E-state index is 0.366. The van der Waals surface area contributed by atoms with Gasteiger partial charge in [-0.05, 0) is 36.4 Å².